The van der Waals surface area contributed by atoms with Gasteiger partial charge < -0.3 is 5.32 Å². The van der Waals surface area contributed by atoms with Gasteiger partial charge in [-0.25, -0.2) is 9.97 Å². The van der Waals surface area contributed by atoms with Gasteiger partial charge in [-0.3, -0.25) is 4.57 Å². The van der Waals surface area contributed by atoms with Gasteiger partial charge in [-0.05, 0) is 70.6 Å². The zero-order valence-corrected chi connectivity index (χ0v) is 25.1. The number of benzene rings is 4. The normalized spacial score (nSPS) is 12.1. The van der Waals surface area contributed by atoms with Crippen LogP contribution in [0, 0.1) is 0 Å². The zero-order chi connectivity index (χ0) is 27.2. The van der Waals surface area contributed by atoms with E-state index < -0.39 is 0 Å². The number of hydrogen-bond acceptors (Lipinski definition) is 3. The molecule has 0 radical (unpaired) electrons. The molecule has 7 aromatic rings. The van der Waals surface area contributed by atoms with Crippen LogP contribution in [-0.4, -0.2) is 14.5 Å². The quantitative estimate of drug-likeness (QED) is 0.193. The highest BCUT2D eigenvalue weighted by Gasteiger charge is 2.19. The number of aromatic nitrogens is 3. The van der Waals surface area contributed by atoms with Gasteiger partial charge in [-0.15, -0.1) is 24.0 Å². The maximum absolute atomic E-state index is 5.14. The van der Waals surface area contributed by atoms with Gasteiger partial charge in [-0.1, -0.05) is 91.0 Å². The first-order valence-electron chi connectivity index (χ1n) is 13.9. The SMILES string of the molecule is C1=Cc2c(c3ccccc3n2-c2cccc(-c3cccc(-c4ccccc4-c4ccc5ccccc5c4)n3)n2)CN1.I. The summed E-state index contributed by atoms with van der Waals surface area (Å²) in [5.41, 5.74) is 9.68. The average Bonchev–Trinajstić information content (AvgIpc) is 3.39. The summed E-state index contributed by atoms with van der Waals surface area (Å²) in [7, 11) is 0. The maximum atomic E-state index is 5.14. The van der Waals surface area contributed by atoms with Crippen molar-refractivity contribution in [2.45, 2.75) is 6.54 Å². The third-order valence-electron chi connectivity index (χ3n) is 7.90. The minimum absolute atomic E-state index is 0. The van der Waals surface area contributed by atoms with Crippen molar-refractivity contribution in [3.8, 4) is 39.6 Å². The molecule has 0 saturated carbocycles. The van der Waals surface area contributed by atoms with Crippen molar-refractivity contribution in [3.63, 3.8) is 0 Å². The van der Waals surface area contributed by atoms with Crippen LogP contribution < -0.4 is 5.32 Å². The molecule has 4 heterocycles. The lowest BCUT2D eigenvalue weighted by Gasteiger charge is -2.14. The Kier molecular flexibility index (Phi) is 6.80. The van der Waals surface area contributed by atoms with Crippen LogP contribution >= 0.6 is 24.0 Å². The molecule has 4 aromatic carbocycles. The lowest BCUT2D eigenvalue weighted by atomic mass is 9.95. The second-order valence-corrected chi connectivity index (χ2v) is 10.3. The molecule has 0 saturated heterocycles. The van der Waals surface area contributed by atoms with Gasteiger partial charge in [0.1, 0.15) is 5.82 Å². The Hall–Kier alpha value is -4.75. The van der Waals surface area contributed by atoms with E-state index in [1.165, 1.54) is 33.0 Å². The number of rotatable bonds is 4. The molecule has 5 heteroatoms. The second kappa shape index (κ2) is 10.9. The Bertz CT molecular complexity index is 2130. The molecule has 0 unspecified atom stereocenters. The molecule has 3 aromatic heterocycles. The van der Waals surface area contributed by atoms with Gasteiger partial charge in [0.15, 0.2) is 0 Å². The lowest BCUT2D eigenvalue weighted by Crippen LogP contribution is -2.11. The van der Waals surface area contributed by atoms with E-state index in [9.17, 15) is 0 Å². The summed E-state index contributed by atoms with van der Waals surface area (Å²) in [6.07, 6.45) is 4.15. The lowest BCUT2D eigenvalue weighted by molar-refractivity contribution is 0.852. The second-order valence-electron chi connectivity index (χ2n) is 10.3. The standard InChI is InChI=1S/C37H26N4.HI/c1-2-10-26-23-27(20-19-25(26)9-1)28-11-3-4-12-29(28)32-14-7-15-33(39-32)34-16-8-18-37(40-34)41-35-17-6-5-13-30(35)31-24-38-22-21-36(31)41;/h1-23,38H,24H2;1H. The summed E-state index contributed by atoms with van der Waals surface area (Å²) in [5, 5.41) is 7.07. The Labute approximate surface area is 261 Å². The van der Waals surface area contributed by atoms with E-state index in [-0.39, 0.29) is 24.0 Å². The van der Waals surface area contributed by atoms with Crippen molar-refractivity contribution in [1.29, 1.82) is 0 Å². The van der Waals surface area contributed by atoms with E-state index in [2.05, 4.69) is 131 Å². The Balaban J connectivity index is 0.00000288. The molecule has 0 bridgehead atoms. The van der Waals surface area contributed by atoms with E-state index in [4.69, 9.17) is 9.97 Å². The van der Waals surface area contributed by atoms with Gasteiger partial charge >= 0.3 is 0 Å². The molecule has 1 aliphatic rings. The van der Waals surface area contributed by atoms with Crippen LogP contribution in [0.5, 0.6) is 0 Å². The monoisotopic (exact) mass is 654 g/mol. The van der Waals surface area contributed by atoms with Crippen molar-refractivity contribution >= 4 is 51.7 Å². The Morgan fingerprint density at radius 3 is 2.21 bits per heavy atom. The number of hydrogen-bond donors (Lipinski definition) is 1. The van der Waals surface area contributed by atoms with Gasteiger partial charge in [0.2, 0.25) is 0 Å². The third kappa shape index (κ3) is 4.46. The largest absolute Gasteiger partial charge is 0.387 e. The maximum Gasteiger partial charge on any atom is 0.138 e. The van der Waals surface area contributed by atoms with Crippen molar-refractivity contribution in [3.05, 3.63) is 145 Å². The average molecular weight is 655 g/mol. The molecule has 0 aliphatic carbocycles. The molecule has 0 spiro atoms. The number of halogens is 1. The first-order valence-corrected chi connectivity index (χ1v) is 13.9. The van der Waals surface area contributed by atoms with E-state index in [1.807, 2.05) is 18.3 Å². The number of fused-ring (bicyclic) bond motifs is 4. The smallest absolute Gasteiger partial charge is 0.138 e. The number of pyridine rings is 2. The summed E-state index contributed by atoms with van der Waals surface area (Å²) < 4.78 is 2.25. The predicted molar refractivity (Wildman–Crippen MR) is 184 cm³/mol. The summed E-state index contributed by atoms with van der Waals surface area (Å²) in [5.74, 6) is 0.885. The van der Waals surface area contributed by atoms with Crippen LogP contribution in [0.15, 0.2) is 134 Å². The molecule has 0 fully saturated rings. The van der Waals surface area contributed by atoms with Crippen LogP contribution in [0.1, 0.15) is 11.3 Å². The van der Waals surface area contributed by atoms with E-state index in [0.29, 0.717) is 0 Å². The zero-order valence-electron chi connectivity index (χ0n) is 22.7. The first-order chi connectivity index (χ1) is 20.3. The van der Waals surface area contributed by atoms with Gasteiger partial charge in [0.25, 0.3) is 0 Å². The number of nitrogens with one attached hydrogen (secondary N) is 1. The molecule has 202 valence electrons. The minimum Gasteiger partial charge on any atom is -0.387 e. The molecule has 1 N–H and O–H groups in total. The topological polar surface area (TPSA) is 42.7 Å². The molecular weight excluding hydrogens is 627 g/mol. The van der Waals surface area contributed by atoms with Gasteiger partial charge in [0, 0.05) is 23.1 Å². The summed E-state index contributed by atoms with van der Waals surface area (Å²) >= 11 is 0. The van der Waals surface area contributed by atoms with Crippen molar-refractivity contribution in [1.82, 2.24) is 19.9 Å². The van der Waals surface area contributed by atoms with Crippen LogP contribution in [0.25, 0.3) is 67.3 Å². The summed E-state index contributed by atoms with van der Waals surface area (Å²) in [6.45, 7) is 0.805. The summed E-state index contributed by atoms with van der Waals surface area (Å²) in [4.78, 5) is 10.3. The van der Waals surface area contributed by atoms with Crippen molar-refractivity contribution in [2.24, 2.45) is 0 Å². The molecule has 4 nitrogen and oxygen atoms in total. The van der Waals surface area contributed by atoms with Crippen LogP contribution in [0.4, 0.5) is 0 Å². The van der Waals surface area contributed by atoms with Gasteiger partial charge in [0.05, 0.1) is 28.3 Å². The van der Waals surface area contributed by atoms with Crippen LogP contribution in [0.3, 0.4) is 0 Å². The highest BCUT2D eigenvalue weighted by atomic mass is 127. The Morgan fingerprint density at radius 1 is 0.595 bits per heavy atom. The highest BCUT2D eigenvalue weighted by molar-refractivity contribution is 14.0. The molecule has 1 aliphatic heterocycles. The minimum atomic E-state index is 0. The number of para-hydroxylation sites is 1. The molecule has 0 atom stereocenters. The highest BCUT2D eigenvalue weighted by Crippen LogP contribution is 2.35. The third-order valence-corrected chi connectivity index (χ3v) is 7.90. The van der Waals surface area contributed by atoms with E-state index in [0.717, 1.165) is 46.1 Å². The van der Waals surface area contributed by atoms with E-state index >= 15 is 0 Å². The first kappa shape index (κ1) is 26.2. The van der Waals surface area contributed by atoms with Crippen LogP contribution in [-0.2, 0) is 6.54 Å². The fraction of sp³-hybridized carbons (Fsp3) is 0.0270. The van der Waals surface area contributed by atoms with Crippen molar-refractivity contribution < 1.29 is 0 Å². The summed E-state index contributed by atoms with van der Waals surface area (Å²) in [6, 6.07) is 44.5. The van der Waals surface area contributed by atoms with Crippen LogP contribution in [0.2, 0.25) is 0 Å². The predicted octanol–water partition coefficient (Wildman–Crippen LogP) is 9.27. The molecule has 8 rings (SSSR count). The Morgan fingerprint density at radius 2 is 1.31 bits per heavy atom. The fourth-order valence-electron chi connectivity index (χ4n) is 5.97. The number of nitrogens with zero attached hydrogens (tertiary/aromatic N) is 3. The fourth-order valence-corrected chi connectivity index (χ4v) is 5.97. The van der Waals surface area contributed by atoms with E-state index in [1.54, 1.807) is 0 Å². The van der Waals surface area contributed by atoms with Gasteiger partial charge in [-0.2, -0.15) is 0 Å². The molecule has 42 heavy (non-hydrogen) atoms. The molecule has 0 amide bonds. The molecular formula is C37H27IN4. The van der Waals surface area contributed by atoms with Crippen molar-refractivity contribution in [2.75, 3.05) is 0 Å².